The molecule has 0 atom stereocenters. The van der Waals surface area contributed by atoms with E-state index in [4.69, 9.17) is 10.9 Å². The number of benzene rings is 1. The molecule has 0 radical (unpaired) electrons. The molecule has 0 heterocycles. The summed E-state index contributed by atoms with van der Waals surface area (Å²) in [5.74, 6) is -0.0723. The lowest BCUT2D eigenvalue weighted by Gasteiger charge is -2.28. The van der Waals surface area contributed by atoms with Gasteiger partial charge in [-0.2, -0.15) is 0 Å². The Kier molecular flexibility index (Phi) is 5.37. The predicted octanol–water partition coefficient (Wildman–Crippen LogP) is 3.08. The molecule has 1 saturated carbocycles. The van der Waals surface area contributed by atoms with Gasteiger partial charge in [0.05, 0.1) is 6.54 Å². The zero-order valence-electron chi connectivity index (χ0n) is 11.2. The van der Waals surface area contributed by atoms with Gasteiger partial charge in [-0.1, -0.05) is 33.9 Å². The van der Waals surface area contributed by atoms with Crippen molar-refractivity contribution in [2.75, 3.05) is 6.54 Å². The molecule has 0 aliphatic heterocycles. The second-order valence-corrected chi connectivity index (χ2v) is 6.13. The molecule has 0 saturated heterocycles. The van der Waals surface area contributed by atoms with Crippen LogP contribution in [-0.2, 0) is 6.54 Å². The molecule has 3 N–H and O–H groups in total. The topological polar surface area (TPSA) is 61.8 Å². The zero-order chi connectivity index (χ0) is 14.5. The molecule has 1 fully saturated rings. The van der Waals surface area contributed by atoms with Gasteiger partial charge in [-0.15, -0.1) is 0 Å². The Morgan fingerprint density at radius 3 is 2.70 bits per heavy atom. The van der Waals surface area contributed by atoms with Crippen molar-refractivity contribution in [3.05, 3.63) is 34.1 Å². The predicted molar refractivity (Wildman–Crippen MR) is 80.2 cm³/mol. The van der Waals surface area contributed by atoms with Crippen LogP contribution in [0.4, 0.5) is 4.39 Å². The Bertz CT molecular complexity index is 469. The number of amidine groups is 1. The van der Waals surface area contributed by atoms with Crippen LogP contribution in [-0.4, -0.2) is 28.5 Å². The number of rotatable bonds is 5. The zero-order valence-corrected chi connectivity index (χ0v) is 12.8. The van der Waals surface area contributed by atoms with Crippen molar-refractivity contribution in [3.63, 3.8) is 0 Å². The molecule has 110 valence electrons. The first-order valence-corrected chi connectivity index (χ1v) is 7.53. The van der Waals surface area contributed by atoms with Crippen molar-refractivity contribution in [1.29, 1.82) is 0 Å². The van der Waals surface area contributed by atoms with E-state index in [0.29, 0.717) is 19.1 Å². The van der Waals surface area contributed by atoms with Gasteiger partial charge in [0.15, 0.2) is 5.84 Å². The highest BCUT2D eigenvalue weighted by Gasteiger charge is 2.23. The van der Waals surface area contributed by atoms with E-state index in [1.807, 2.05) is 6.07 Å². The van der Waals surface area contributed by atoms with Crippen molar-refractivity contribution in [3.8, 4) is 0 Å². The van der Waals surface area contributed by atoms with Crippen LogP contribution in [0.2, 0.25) is 0 Å². The highest BCUT2D eigenvalue weighted by molar-refractivity contribution is 9.10. The molecule has 0 amide bonds. The summed E-state index contributed by atoms with van der Waals surface area (Å²) in [5.41, 5.74) is 6.51. The summed E-state index contributed by atoms with van der Waals surface area (Å²) in [6.45, 7) is 0.993. The Labute approximate surface area is 126 Å². The maximum Gasteiger partial charge on any atom is 0.153 e. The third kappa shape index (κ3) is 4.18. The largest absolute Gasteiger partial charge is 0.409 e. The SMILES string of the molecule is NC(CN(Cc1cc(F)cc(Br)c1)C1CCCC1)=NO. The van der Waals surface area contributed by atoms with Crippen LogP contribution in [0.25, 0.3) is 0 Å². The lowest BCUT2D eigenvalue weighted by atomic mass is 10.1. The maximum absolute atomic E-state index is 13.4. The standard InChI is InChI=1S/C14H19BrFN3O/c15-11-5-10(6-12(16)7-11)8-19(9-14(17)18-20)13-3-1-2-4-13/h5-7,13,20H,1-4,8-9H2,(H2,17,18). The van der Waals surface area contributed by atoms with Crippen LogP contribution < -0.4 is 5.73 Å². The number of nitrogens with two attached hydrogens (primary N) is 1. The van der Waals surface area contributed by atoms with Gasteiger partial charge in [-0.05, 0) is 36.6 Å². The number of halogens is 2. The minimum atomic E-state index is -0.260. The van der Waals surface area contributed by atoms with Crippen LogP contribution in [0.15, 0.2) is 27.8 Å². The molecule has 0 spiro atoms. The van der Waals surface area contributed by atoms with Crippen LogP contribution in [0.5, 0.6) is 0 Å². The molecule has 1 aliphatic carbocycles. The van der Waals surface area contributed by atoms with Gasteiger partial charge in [-0.3, -0.25) is 4.90 Å². The molecule has 0 bridgehead atoms. The first-order chi connectivity index (χ1) is 9.58. The minimum Gasteiger partial charge on any atom is -0.409 e. The van der Waals surface area contributed by atoms with Gasteiger partial charge < -0.3 is 10.9 Å². The van der Waals surface area contributed by atoms with Gasteiger partial charge in [0.1, 0.15) is 5.82 Å². The van der Waals surface area contributed by atoms with Gasteiger partial charge in [0.25, 0.3) is 0 Å². The van der Waals surface area contributed by atoms with Crippen LogP contribution >= 0.6 is 15.9 Å². The number of hydrogen-bond acceptors (Lipinski definition) is 3. The molecular formula is C14H19BrFN3O. The van der Waals surface area contributed by atoms with Crippen molar-refractivity contribution in [1.82, 2.24) is 4.90 Å². The van der Waals surface area contributed by atoms with E-state index in [-0.39, 0.29) is 11.7 Å². The van der Waals surface area contributed by atoms with Gasteiger partial charge in [0, 0.05) is 17.1 Å². The molecular weight excluding hydrogens is 325 g/mol. The highest BCUT2D eigenvalue weighted by Crippen LogP contribution is 2.25. The normalized spacial score (nSPS) is 17.1. The van der Waals surface area contributed by atoms with Gasteiger partial charge in [-0.25, -0.2) is 4.39 Å². The molecule has 0 unspecified atom stereocenters. The van der Waals surface area contributed by atoms with Crippen molar-refractivity contribution in [2.45, 2.75) is 38.3 Å². The Morgan fingerprint density at radius 2 is 2.10 bits per heavy atom. The summed E-state index contributed by atoms with van der Waals surface area (Å²) in [5, 5.41) is 11.8. The second kappa shape index (κ2) is 7.04. The van der Waals surface area contributed by atoms with Crippen LogP contribution in [0, 0.1) is 5.82 Å². The van der Waals surface area contributed by atoms with Gasteiger partial charge in [0.2, 0.25) is 0 Å². The summed E-state index contributed by atoms with van der Waals surface area (Å²) >= 11 is 3.30. The van der Waals surface area contributed by atoms with E-state index >= 15 is 0 Å². The summed E-state index contributed by atoms with van der Waals surface area (Å²) in [4.78, 5) is 2.16. The number of nitrogens with zero attached hydrogens (tertiary/aromatic N) is 2. The lowest BCUT2D eigenvalue weighted by Crippen LogP contribution is -2.39. The van der Waals surface area contributed by atoms with Gasteiger partial charge >= 0.3 is 0 Å². The summed E-state index contributed by atoms with van der Waals surface area (Å²) in [7, 11) is 0. The molecule has 4 nitrogen and oxygen atoms in total. The smallest absolute Gasteiger partial charge is 0.153 e. The van der Waals surface area contributed by atoms with Crippen molar-refractivity contribution < 1.29 is 9.60 Å². The fourth-order valence-electron chi connectivity index (χ4n) is 2.76. The summed E-state index contributed by atoms with van der Waals surface area (Å²) in [6.07, 6.45) is 4.61. The number of hydrogen-bond donors (Lipinski definition) is 2. The number of oxime groups is 1. The maximum atomic E-state index is 13.4. The first-order valence-electron chi connectivity index (χ1n) is 6.74. The van der Waals surface area contributed by atoms with E-state index in [1.165, 1.54) is 25.0 Å². The van der Waals surface area contributed by atoms with E-state index in [1.54, 1.807) is 0 Å². The van der Waals surface area contributed by atoms with Crippen molar-refractivity contribution in [2.24, 2.45) is 10.9 Å². The quantitative estimate of drug-likeness (QED) is 0.373. The molecule has 0 aromatic heterocycles. The molecule has 1 aliphatic rings. The monoisotopic (exact) mass is 343 g/mol. The van der Waals surface area contributed by atoms with E-state index in [9.17, 15) is 4.39 Å². The fraction of sp³-hybridized carbons (Fsp3) is 0.500. The van der Waals surface area contributed by atoms with Crippen molar-refractivity contribution >= 4 is 21.8 Å². The second-order valence-electron chi connectivity index (χ2n) is 5.21. The van der Waals surface area contributed by atoms with Crippen LogP contribution in [0.3, 0.4) is 0 Å². The minimum absolute atomic E-state index is 0.187. The molecule has 1 aromatic carbocycles. The van der Waals surface area contributed by atoms with E-state index in [2.05, 4.69) is 26.0 Å². The third-order valence-corrected chi connectivity index (χ3v) is 4.10. The molecule has 20 heavy (non-hydrogen) atoms. The highest BCUT2D eigenvalue weighted by atomic mass is 79.9. The Morgan fingerprint density at radius 1 is 1.40 bits per heavy atom. The summed E-state index contributed by atoms with van der Waals surface area (Å²) in [6, 6.07) is 5.28. The third-order valence-electron chi connectivity index (χ3n) is 3.64. The summed E-state index contributed by atoms with van der Waals surface area (Å²) < 4.78 is 14.2. The molecule has 1 aromatic rings. The molecule has 6 heteroatoms. The van der Waals surface area contributed by atoms with E-state index < -0.39 is 0 Å². The Balaban J connectivity index is 2.13. The average molecular weight is 344 g/mol. The first kappa shape index (κ1) is 15.3. The van der Waals surface area contributed by atoms with E-state index in [0.717, 1.165) is 22.9 Å². The average Bonchev–Trinajstić information content (AvgIpc) is 2.90. The lowest BCUT2D eigenvalue weighted by molar-refractivity contribution is 0.214. The fourth-order valence-corrected chi connectivity index (χ4v) is 3.27. The molecule has 2 rings (SSSR count). The Hall–Kier alpha value is -1.14. The van der Waals surface area contributed by atoms with Crippen LogP contribution in [0.1, 0.15) is 31.2 Å².